The van der Waals surface area contributed by atoms with Gasteiger partial charge in [-0.15, -0.1) is 0 Å². The van der Waals surface area contributed by atoms with Crippen LogP contribution in [0.2, 0.25) is 0 Å². The largest absolute Gasteiger partial charge is 0.224 e. The van der Waals surface area contributed by atoms with Gasteiger partial charge in [0, 0.05) is 4.83 Å². The first kappa shape index (κ1) is 14.7. The molecule has 1 rings (SSSR count). The van der Waals surface area contributed by atoms with Gasteiger partial charge in [-0.25, -0.2) is 8.42 Å². The van der Waals surface area contributed by atoms with Crippen LogP contribution in [0.4, 0.5) is 0 Å². The lowest BCUT2D eigenvalue weighted by Crippen LogP contribution is -2.06. The van der Waals surface area contributed by atoms with Gasteiger partial charge in [0.1, 0.15) is 0 Å². The number of hydrogen-bond acceptors (Lipinski definition) is 2. The molecule has 4 heteroatoms. The highest BCUT2D eigenvalue weighted by atomic mass is 79.9. The molecule has 0 bridgehead atoms. The van der Waals surface area contributed by atoms with Crippen molar-refractivity contribution in [3.63, 3.8) is 0 Å². The molecule has 96 valence electrons. The summed E-state index contributed by atoms with van der Waals surface area (Å²) < 4.78 is 23.6. The third-order valence-corrected chi connectivity index (χ3v) is 5.56. The van der Waals surface area contributed by atoms with E-state index in [1.807, 2.05) is 19.1 Å². The van der Waals surface area contributed by atoms with Crippen molar-refractivity contribution in [2.45, 2.75) is 42.8 Å². The summed E-state index contributed by atoms with van der Waals surface area (Å²) in [6, 6.07) is 7.25. The smallest absolute Gasteiger partial charge is 0.178 e. The molecule has 2 nitrogen and oxygen atoms in total. The summed E-state index contributed by atoms with van der Waals surface area (Å²) in [5.74, 6) is 0.225. The average molecular weight is 319 g/mol. The van der Waals surface area contributed by atoms with Crippen molar-refractivity contribution >= 4 is 25.8 Å². The Kier molecular flexibility index (Phi) is 5.67. The minimum Gasteiger partial charge on any atom is -0.224 e. The lowest BCUT2D eigenvalue weighted by Gasteiger charge is -2.08. The molecule has 0 N–H and O–H groups in total. The summed E-state index contributed by atoms with van der Waals surface area (Å²) in [5.41, 5.74) is 1.17. The monoisotopic (exact) mass is 318 g/mol. The molecular formula is C13H19BrO2S. The highest BCUT2D eigenvalue weighted by Crippen LogP contribution is 2.17. The maximum absolute atomic E-state index is 11.8. The lowest BCUT2D eigenvalue weighted by atomic mass is 10.1. The second-order valence-corrected chi connectivity index (χ2v) is 7.58. The van der Waals surface area contributed by atoms with Crippen LogP contribution < -0.4 is 0 Å². The van der Waals surface area contributed by atoms with Crippen LogP contribution in [0.3, 0.4) is 0 Å². The highest BCUT2D eigenvalue weighted by molar-refractivity contribution is 9.09. The number of halogens is 1. The molecule has 0 saturated heterocycles. The molecular weight excluding hydrogens is 300 g/mol. The quantitative estimate of drug-likeness (QED) is 0.751. The van der Waals surface area contributed by atoms with E-state index >= 15 is 0 Å². The van der Waals surface area contributed by atoms with E-state index in [4.69, 9.17) is 0 Å². The van der Waals surface area contributed by atoms with Gasteiger partial charge in [-0.2, -0.15) is 0 Å². The Bertz CT molecular complexity index is 437. The second kappa shape index (κ2) is 6.55. The highest BCUT2D eigenvalue weighted by Gasteiger charge is 2.12. The summed E-state index contributed by atoms with van der Waals surface area (Å²) in [7, 11) is -3.07. The molecule has 1 aromatic carbocycles. The van der Waals surface area contributed by atoms with E-state index < -0.39 is 9.84 Å². The van der Waals surface area contributed by atoms with Gasteiger partial charge in [-0.3, -0.25) is 0 Å². The Balaban J connectivity index is 2.81. The van der Waals surface area contributed by atoms with Crippen molar-refractivity contribution in [3.05, 3.63) is 29.8 Å². The molecule has 0 amide bonds. The van der Waals surface area contributed by atoms with Crippen molar-refractivity contribution in [2.75, 3.05) is 5.75 Å². The Morgan fingerprint density at radius 2 is 1.76 bits per heavy atom. The predicted octanol–water partition coefficient (Wildman–Crippen LogP) is 3.59. The van der Waals surface area contributed by atoms with Gasteiger partial charge in [-0.1, -0.05) is 41.9 Å². The van der Waals surface area contributed by atoms with Crippen LogP contribution in [0.25, 0.3) is 0 Å². The van der Waals surface area contributed by atoms with Crippen molar-refractivity contribution in [3.8, 4) is 0 Å². The van der Waals surface area contributed by atoms with Gasteiger partial charge in [0.05, 0.1) is 10.6 Å². The Hall–Kier alpha value is -0.350. The van der Waals surface area contributed by atoms with Crippen LogP contribution in [0, 0.1) is 0 Å². The fraction of sp³-hybridized carbons (Fsp3) is 0.538. The first-order valence-electron chi connectivity index (χ1n) is 5.95. The predicted molar refractivity (Wildman–Crippen MR) is 75.5 cm³/mol. The minimum atomic E-state index is -3.07. The average Bonchev–Trinajstić information content (AvgIpc) is 2.29. The van der Waals surface area contributed by atoms with E-state index in [0.29, 0.717) is 16.1 Å². The fourth-order valence-corrected chi connectivity index (χ4v) is 3.32. The molecule has 1 unspecified atom stereocenters. The Morgan fingerprint density at radius 3 is 2.24 bits per heavy atom. The molecule has 0 aromatic heterocycles. The molecule has 1 atom stereocenters. The standard InChI is InChI=1S/C13H19BrO2S/c1-3-9-17(15,16)13-7-5-11(6-8-13)10-12(14)4-2/h5-8,12H,3-4,9-10H2,1-2H3. The zero-order valence-corrected chi connectivity index (χ0v) is 12.7. The van der Waals surface area contributed by atoms with Crippen molar-refractivity contribution in [1.29, 1.82) is 0 Å². The van der Waals surface area contributed by atoms with Gasteiger partial charge in [0.2, 0.25) is 0 Å². The molecule has 0 radical (unpaired) electrons. The van der Waals surface area contributed by atoms with Crippen LogP contribution in [0.1, 0.15) is 32.3 Å². The summed E-state index contributed by atoms with van der Waals surface area (Å²) in [5, 5.41) is 0. The normalized spacial score (nSPS) is 13.6. The van der Waals surface area contributed by atoms with Crippen LogP contribution in [-0.2, 0) is 16.3 Å². The third-order valence-electron chi connectivity index (χ3n) is 2.66. The summed E-state index contributed by atoms with van der Waals surface area (Å²) in [6.45, 7) is 4.00. The van der Waals surface area contributed by atoms with Crippen molar-refractivity contribution in [1.82, 2.24) is 0 Å². The van der Waals surface area contributed by atoms with Gasteiger partial charge in [0.15, 0.2) is 9.84 Å². The number of rotatable bonds is 6. The van der Waals surface area contributed by atoms with E-state index in [9.17, 15) is 8.42 Å². The van der Waals surface area contributed by atoms with Gasteiger partial charge >= 0.3 is 0 Å². The lowest BCUT2D eigenvalue weighted by molar-refractivity contribution is 0.594. The summed E-state index contributed by atoms with van der Waals surface area (Å²) >= 11 is 3.58. The van der Waals surface area contributed by atoms with Crippen LogP contribution in [0.15, 0.2) is 29.2 Å². The molecule has 0 heterocycles. The van der Waals surface area contributed by atoms with E-state index in [-0.39, 0.29) is 5.75 Å². The molecule has 0 aliphatic heterocycles. The fourth-order valence-electron chi connectivity index (χ4n) is 1.62. The SMILES string of the molecule is CCCS(=O)(=O)c1ccc(CC(Br)CC)cc1. The van der Waals surface area contributed by atoms with E-state index in [1.165, 1.54) is 5.56 Å². The molecule has 0 aliphatic carbocycles. The molecule has 0 aliphatic rings. The molecule has 1 aromatic rings. The Labute approximate surface area is 112 Å². The number of benzene rings is 1. The first-order valence-corrected chi connectivity index (χ1v) is 8.52. The zero-order chi connectivity index (χ0) is 12.9. The van der Waals surface area contributed by atoms with Crippen molar-refractivity contribution < 1.29 is 8.42 Å². The zero-order valence-electron chi connectivity index (χ0n) is 10.3. The van der Waals surface area contributed by atoms with Gasteiger partial charge in [0.25, 0.3) is 0 Å². The van der Waals surface area contributed by atoms with Crippen LogP contribution in [-0.4, -0.2) is 19.0 Å². The van der Waals surface area contributed by atoms with E-state index in [1.54, 1.807) is 12.1 Å². The summed E-state index contributed by atoms with van der Waals surface area (Å²) in [4.78, 5) is 0.895. The van der Waals surface area contributed by atoms with E-state index in [0.717, 1.165) is 12.8 Å². The van der Waals surface area contributed by atoms with Gasteiger partial charge in [-0.05, 0) is 37.0 Å². The maximum Gasteiger partial charge on any atom is 0.178 e. The first-order chi connectivity index (χ1) is 7.99. The van der Waals surface area contributed by atoms with Crippen molar-refractivity contribution in [2.24, 2.45) is 0 Å². The van der Waals surface area contributed by atoms with Gasteiger partial charge < -0.3 is 0 Å². The molecule has 0 fully saturated rings. The third kappa shape index (κ3) is 4.43. The Morgan fingerprint density at radius 1 is 1.18 bits per heavy atom. The van der Waals surface area contributed by atoms with Crippen LogP contribution >= 0.6 is 15.9 Å². The molecule has 17 heavy (non-hydrogen) atoms. The molecule has 0 saturated carbocycles. The summed E-state index contributed by atoms with van der Waals surface area (Å²) in [6.07, 6.45) is 2.66. The van der Waals surface area contributed by atoms with Crippen LogP contribution in [0.5, 0.6) is 0 Å². The number of sulfone groups is 1. The van der Waals surface area contributed by atoms with E-state index in [2.05, 4.69) is 22.9 Å². The number of hydrogen-bond donors (Lipinski definition) is 0. The second-order valence-electron chi connectivity index (χ2n) is 4.17. The minimum absolute atomic E-state index is 0.225. The number of alkyl halides is 1. The molecule has 0 spiro atoms. The topological polar surface area (TPSA) is 34.1 Å². The maximum atomic E-state index is 11.8.